The molecule has 1 aromatic heterocycles. The third kappa shape index (κ3) is 4.02. The summed E-state index contributed by atoms with van der Waals surface area (Å²) >= 11 is 0. The Morgan fingerprint density at radius 2 is 2.08 bits per heavy atom. The summed E-state index contributed by atoms with van der Waals surface area (Å²) in [6, 6.07) is 8.02. The van der Waals surface area contributed by atoms with E-state index in [9.17, 15) is 5.11 Å². The molecule has 4 rings (SSSR count). The number of aliphatic hydroxyl groups excluding tert-OH is 1. The molecule has 1 saturated carbocycles. The summed E-state index contributed by atoms with van der Waals surface area (Å²) in [6.45, 7) is 3.83. The summed E-state index contributed by atoms with van der Waals surface area (Å²) in [5, 5.41) is 14.5. The number of benzene rings is 1. The molecule has 1 aliphatic carbocycles. The van der Waals surface area contributed by atoms with Gasteiger partial charge in [-0.2, -0.15) is 4.98 Å². The maximum atomic E-state index is 10.4. The van der Waals surface area contributed by atoms with Crippen LogP contribution in [0.25, 0.3) is 0 Å². The van der Waals surface area contributed by atoms with Gasteiger partial charge in [-0.05, 0) is 51.3 Å². The number of hydrogen-bond acceptors (Lipinski definition) is 6. The first-order valence-electron chi connectivity index (χ1n) is 9.14. The third-order valence-corrected chi connectivity index (χ3v) is 4.95. The van der Waals surface area contributed by atoms with Crippen LogP contribution in [0, 0.1) is 6.92 Å². The van der Waals surface area contributed by atoms with E-state index < -0.39 is 6.10 Å². The average molecular weight is 343 g/mol. The van der Waals surface area contributed by atoms with Gasteiger partial charge in [-0.1, -0.05) is 22.9 Å². The van der Waals surface area contributed by atoms with Crippen LogP contribution in [0.4, 0.5) is 0 Å². The molecule has 1 aromatic carbocycles. The van der Waals surface area contributed by atoms with Gasteiger partial charge in [-0.3, -0.25) is 4.90 Å². The third-order valence-electron chi connectivity index (χ3n) is 4.95. The molecule has 0 amide bonds. The largest absolute Gasteiger partial charge is 0.491 e. The van der Waals surface area contributed by atoms with Crippen LogP contribution >= 0.6 is 0 Å². The van der Waals surface area contributed by atoms with Crippen molar-refractivity contribution in [2.75, 3.05) is 19.7 Å². The van der Waals surface area contributed by atoms with Crippen LogP contribution in [-0.4, -0.2) is 45.9 Å². The molecule has 1 N–H and O–H groups in total. The maximum absolute atomic E-state index is 10.4. The van der Waals surface area contributed by atoms with Gasteiger partial charge in [0.25, 0.3) is 0 Å². The number of rotatable bonds is 7. The van der Waals surface area contributed by atoms with E-state index in [0.29, 0.717) is 12.5 Å². The molecule has 25 heavy (non-hydrogen) atoms. The van der Waals surface area contributed by atoms with Crippen LogP contribution in [-0.2, 0) is 0 Å². The Morgan fingerprint density at radius 1 is 1.28 bits per heavy atom. The van der Waals surface area contributed by atoms with E-state index in [0.717, 1.165) is 49.7 Å². The minimum absolute atomic E-state index is 0.144. The van der Waals surface area contributed by atoms with Crippen LogP contribution in [0.5, 0.6) is 5.75 Å². The maximum Gasteiger partial charge on any atom is 0.229 e. The minimum Gasteiger partial charge on any atom is -0.491 e. The van der Waals surface area contributed by atoms with E-state index in [1.165, 1.54) is 5.56 Å². The standard InChI is InChI=1S/C19H25N3O3/c1-13-4-8-16(9-5-13)24-12-15(23)11-22-10-2-3-17(22)18-20-19(25-21-18)14-6-7-14/h4-5,8-9,14-15,17,23H,2-3,6-7,10-12H2,1H3. The van der Waals surface area contributed by atoms with Crippen LogP contribution in [0.2, 0.25) is 0 Å². The van der Waals surface area contributed by atoms with Crippen molar-refractivity contribution in [1.29, 1.82) is 0 Å². The zero-order valence-electron chi connectivity index (χ0n) is 14.6. The highest BCUT2D eigenvalue weighted by Crippen LogP contribution is 2.40. The van der Waals surface area contributed by atoms with Gasteiger partial charge in [-0.15, -0.1) is 0 Å². The molecule has 2 fully saturated rings. The summed E-state index contributed by atoms with van der Waals surface area (Å²) in [7, 11) is 0. The van der Waals surface area contributed by atoms with Gasteiger partial charge in [-0.25, -0.2) is 0 Å². The molecule has 6 nitrogen and oxygen atoms in total. The Bertz CT molecular complexity index is 696. The van der Waals surface area contributed by atoms with E-state index in [2.05, 4.69) is 15.0 Å². The molecular weight excluding hydrogens is 318 g/mol. The fraction of sp³-hybridized carbons (Fsp3) is 0.579. The van der Waals surface area contributed by atoms with Gasteiger partial charge < -0.3 is 14.4 Å². The molecule has 2 unspecified atom stereocenters. The highest BCUT2D eigenvalue weighted by Gasteiger charge is 2.34. The molecular formula is C19H25N3O3. The topological polar surface area (TPSA) is 71.6 Å². The van der Waals surface area contributed by atoms with Crippen molar-refractivity contribution in [1.82, 2.24) is 15.0 Å². The Balaban J connectivity index is 1.31. The zero-order valence-corrected chi connectivity index (χ0v) is 14.6. The minimum atomic E-state index is -0.545. The molecule has 0 radical (unpaired) electrons. The second kappa shape index (κ2) is 7.14. The van der Waals surface area contributed by atoms with Crippen molar-refractivity contribution in [2.24, 2.45) is 0 Å². The summed E-state index contributed by atoms with van der Waals surface area (Å²) in [4.78, 5) is 6.82. The number of hydrogen-bond donors (Lipinski definition) is 1. The van der Waals surface area contributed by atoms with Crippen molar-refractivity contribution in [3.05, 3.63) is 41.5 Å². The molecule has 0 spiro atoms. The van der Waals surface area contributed by atoms with Crippen LogP contribution in [0.1, 0.15) is 54.9 Å². The van der Waals surface area contributed by atoms with E-state index >= 15 is 0 Å². The van der Waals surface area contributed by atoms with E-state index in [4.69, 9.17) is 9.26 Å². The molecule has 1 aliphatic heterocycles. The summed E-state index contributed by atoms with van der Waals surface area (Å²) in [6.07, 6.45) is 3.87. The van der Waals surface area contributed by atoms with Gasteiger partial charge in [0.2, 0.25) is 5.89 Å². The smallest absolute Gasteiger partial charge is 0.229 e. The lowest BCUT2D eigenvalue weighted by Crippen LogP contribution is -2.35. The Kier molecular flexibility index (Phi) is 4.72. The molecule has 1 saturated heterocycles. The lowest BCUT2D eigenvalue weighted by Gasteiger charge is -2.24. The quantitative estimate of drug-likeness (QED) is 0.833. The number of β-amino-alcohol motifs (C(OH)–C–C–N with tert-alkyl or cyclic N) is 1. The first-order valence-corrected chi connectivity index (χ1v) is 9.14. The first-order chi connectivity index (χ1) is 12.2. The summed E-state index contributed by atoms with van der Waals surface area (Å²) < 4.78 is 11.1. The highest BCUT2D eigenvalue weighted by molar-refractivity contribution is 5.26. The molecule has 2 atom stereocenters. The molecule has 2 aromatic rings. The first kappa shape index (κ1) is 16.5. The zero-order chi connectivity index (χ0) is 17.2. The molecule has 0 bridgehead atoms. The van der Waals surface area contributed by atoms with Gasteiger partial charge in [0.1, 0.15) is 18.5 Å². The summed E-state index contributed by atoms with van der Waals surface area (Å²) in [5.74, 6) is 2.82. The molecule has 2 heterocycles. The van der Waals surface area contributed by atoms with Gasteiger partial charge in [0.05, 0.1) is 6.04 Å². The predicted octanol–water partition coefficient (Wildman–Crippen LogP) is 2.83. The number of likely N-dealkylation sites (tertiary alicyclic amines) is 1. The second-order valence-corrected chi connectivity index (χ2v) is 7.20. The van der Waals surface area contributed by atoms with Gasteiger partial charge >= 0.3 is 0 Å². The van der Waals surface area contributed by atoms with E-state index in [1.807, 2.05) is 31.2 Å². The molecule has 2 aliphatic rings. The number of nitrogens with zero attached hydrogens (tertiary/aromatic N) is 3. The Morgan fingerprint density at radius 3 is 2.84 bits per heavy atom. The monoisotopic (exact) mass is 343 g/mol. The highest BCUT2D eigenvalue weighted by atomic mass is 16.5. The van der Waals surface area contributed by atoms with Gasteiger partial charge in [0, 0.05) is 12.5 Å². The van der Waals surface area contributed by atoms with Crippen LogP contribution in [0.3, 0.4) is 0 Å². The van der Waals surface area contributed by atoms with Crippen molar-refractivity contribution in [2.45, 2.75) is 50.7 Å². The average Bonchev–Trinajstić information content (AvgIpc) is 3.16. The van der Waals surface area contributed by atoms with E-state index in [1.54, 1.807) is 0 Å². The summed E-state index contributed by atoms with van der Waals surface area (Å²) in [5.41, 5.74) is 1.19. The van der Waals surface area contributed by atoms with E-state index in [-0.39, 0.29) is 12.6 Å². The second-order valence-electron chi connectivity index (χ2n) is 7.20. The normalized spacial score (nSPS) is 22.2. The van der Waals surface area contributed by atoms with Gasteiger partial charge in [0.15, 0.2) is 5.82 Å². The predicted molar refractivity (Wildman–Crippen MR) is 92.5 cm³/mol. The Hall–Kier alpha value is -1.92. The fourth-order valence-corrected chi connectivity index (χ4v) is 3.37. The van der Waals surface area contributed by atoms with Crippen molar-refractivity contribution in [3.8, 4) is 5.75 Å². The van der Waals surface area contributed by atoms with Crippen molar-refractivity contribution >= 4 is 0 Å². The van der Waals surface area contributed by atoms with Crippen LogP contribution < -0.4 is 4.74 Å². The van der Waals surface area contributed by atoms with Crippen molar-refractivity contribution in [3.63, 3.8) is 0 Å². The Labute approximate surface area is 147 Å². The number of aromatic nitrogens is 2. The lowest BCUT2D eigenvalue weighted by atomic mass is 10.2. The fourth-order valence-electron chi connectivity index (χ4n) is 3.37. The SMILES string of the molecule is Cc1ccc(OCC(O)CN2CCCC2c2noc(C3CC3)n2)cc1. The lowest BCUT2D eigenvalue weighted by molar-refractivity contribution is 0.0623. The molecule has 6 heteroatoms. The molecule has 134 valence electrons. The van der Waals surface area contributed by atoms with Crippen LogP contribution in [0.15, 0.2) is 28.8 Å². The number of aryl methyl sites for hydroxylation is 1. The van der Waals surface area contributed by atoms with Crippen molar-refractivity contribution < 1.29 is 14.4 Å². The number of ether oxygens (including phenoxy) is 1. The number of aliphatic hydroxyl groups is 1.